The molecule has 0 atom stereocenters. The Morgan fingerprint density at radius 1 is 1.23 bits per heavy atom. The van der Waals surface area contributed by atoms with Gasteiger partial charge in [-0.1, -0.05) is 18.2 Å². The lowest BCUT2D eigenvalue weighted by molar-refractivity contribution is -0.122. The summed E-state index contributed by atoms with van der Waals surface area (Å²) in [5.74, 6) is 0.156. The van der Waals surface area contributed by atoms with E-state index < -0.39 is 0 Å². The van der Waals surface area contributed by atoms with E-state index >= 15 is 0 Å². The predicted octanol–water partition coefficient (Wildman–Crippen LogP) is 1.93. The van der Waals surface area contributed by atoms with Crippen LogP contribution in [-0.2, 0) is 24.8 Å². The number of fused-ring (bicyclic) bond motifs is 1. The molecule has 0 radical (unpaired) electrons. The quantitative estimate of drug-likeness (QED) is 0.866. The van der Waals surface area contributed by atoms with Crippen LogP contribution in [0, 0.1) is 0 Å². The van der Waals surface area contributed by atoms with Crippen LogP contribution in [-0.4, -0.2) is 45.5 Å². The fraction of sp³-hybridized carbons (Fsp3) is 0.500. The van der Waals surface area contributed by atoms with Crippen LogP contribution in [0.25, 0.3) is 0 Å². The number of piperidine rings is 1. The number of imidazole rings is 1. The van der Waals surface area contributed by atoms with E-state index in [-0.39, 0.29) is 11.4 Å². The Hall–Kier alpha value is -2.34. The molecule has 1 aromatic carbocycles. The van der Waals surface area contributed by atoms with Crippen molar-refractivity contribution in [2.45, 2.75) is 37.8 Å². The average Bonchev–Trinajstić information content (AvgIpc) is 3.05. The third-order valence-corrected chi connectivity index (χ3v) is 5.59. The average molecular weight is 353 g/mol. The van der Waals surface area contributed by atoms with E-state index in [0.717, 1.165) is 44.6 Å². The predicted molar refractivity (Wildman–Crippen MR) is 102 cm³/mol. The van der Waals surface area contributed by atoms with Crippen molar-refractivity contribution in [2.75, 3.05) is 25.0 Å². The molecule has 0 aliphatic carbocycles. The van der Waals surface area contributed by atoms with Gasteiger partial charge in [0.1, 0.15) is 0 Å². The Kier molecular flexibility index (Phi) is 4.68. The third kappa shape index (κ3) is 3.75. The number of aryl methyl sites for hydroxylation is 1. The first-order valence-electron chi connectivity index (χ1n) is 9.44. The third-order valence-electron chi connectivity index (χ3n) is 5.59. The van der Waals surface area contributed by atoms with Crippen LogP contribution in [0.4, 0.5) is 5.69 Å². The van der Waals surface area contributed by atoms with Crippen molar-refractivity contribution in [1.82, 2.24) is 19.8 Å². The van der Waals surface area contributed by atoms with Crippen molar-refractivity contribution in [3.8, 4) is 0 Å². The molecule has 3 heterocycles. The van der Waals surface area contributed by atoms with Gasteiger partial charge in [-0.2, -0.15) is 0 Å². The molecule has 6 heteroatoms. The van der Waals surface area contributed by atoms with Gasteiger partial charge in [0.05, 0.1) is 12.0 Å². The van der Waals surface area contributed by atoms with Crippen LogP contribution < -0.4 is 10.6 Å². The van der Waals surface area contributed by atoms with Gasteiger partial charge in [0.15, 0.2) is 0 Å². The zero-order chi connectivity index (χ0) is 18.0. The molecule has 0 saturated carbocycles. The second kappa shape index (κ2) is 7.11. The van der Waals surface area contributed by atoms with Gasteiger partial charge in [0.2, 0.25) is 5.91 Å². The topological polar surface area (TPSA) is 62.2 Å². The van der Waals surface area contributed by atoms with Gasteiger partial charge in [-0.15, -0.1) is 0 Å². The van der Waals surface area contributed by atoms with Crippen LogP contribution in [0.3, 0.4) is 0 Å². The normalized spacial score (nSPS) is 20.4. The Morgan fingerprint density at radius 2 is 2.04 bits per heavy atom. The maximum absolute atomic E-state index is 12.4. The summed E-state index contributed by atoms with van der Waals surface area (Å²) in [5.41, 5.74) is 3.41. The van der Waals surface area contributed by atoms with Crippen molar-refractivity contribution in [1.29, 1.82) is 0 Å². The summed E-state index contributed by atoms with van der Waals surface area (Å²) >= 11 is 0. The molecule has 2 aliphatic rings. The number of hydrogen-bond donors (Lipinski definition) is 2. The smallest absolute Gasteiger partial charge is 0.222 e. The molecule has 1 spiro atoms. The standard InChI is InChI=1S/C20H27N5O/c1-24-13-17(22-15-24)14-25-10-7-20(8-11-25)12-19(26)21-9-6-16-4-2-3-5-18(16)23-20/h2-5,13,15,23H,6-12,14H2,1H3,(H,21,26). The molecule has 26 heavy (non-hydrogen) atoms. The van der Waals surface area contributed by atoms with Crippen molar-refractivity contribution in [3.05, 3.63) is 48.0 Å². The van der Waals surface area contributed by atoms with Crippen molar-refractivity contribution < 1.29 is 4.79 Å². The fourth-order valence-electron chi connectivity index (χ4n) is 4.12. The van der Waals surface area contributed by atoms with Gasteiger partial charge in [0, 0.05) is 57.1 Å². The maximum atomic E-state index is 12.4. The lowest BCUT2D eigenvalue weighted by atomic mass is 9.83. The first kappa shape index (κ1) is 17.1. The molecular formula is C20H27N5O. The summed E-state index contributed by atoms with van der Waals surface area (Å²) in [4.78, 5) is 19.3. The largest absolute Gasteiger partial charge is 0.379 e. The second-order valence-corrected chi connectivity index (χ2v) is 7.65. The van der Waals surface area contributed by atoms with E-state index in [0.29, 0.717) is 13.0 Å². The SMILES string of the molecule is Cn1cnc(CN2CCC3(CC2)CC(=O)NCCc2ccccc2N3)c1. The van der Waals surface area contributed by atoms with Crippen LogP contribution in [0.2, 0.25) is 0 Å². The number of carbonyl (C=O) groups excluding carboxylic acids is 1. The molecule has 2 N–H and O–H groups in total. The minimum atomic E-state index is -0.162. The van der Waals surface area contributed by atoms with E-state index in [1.807, 2.05) is 17.9 Å². The molecule has 0 bridgehead atoms. The molecule has 1 aromatic heterocycles. The van der Waals surface area contributed by atoms with Crippen LogP contribution in [0.1, 0.15) is 30.5 Å². The molecule has 2 aliphatic heterocycles. The number of carbonyl (C=O) groups is 1. The first-order valence-corrected chi connectivity index (χ1v) is 9.44. The minimum Gasteiger partial charge on any atom is -0.379 e. The summed E-state index contributed by atoms with van der Waals surface area (Å²) in [6, 6.07) is 8.45. The van der Waals surface area contributed by atoms with Gasteiger partial charge in [-0.05, 0) is 30.9 Å². The summed E-state index contributed by atoms with van der Waals surface area (Å²) in [6.07, 6.45) is 7.26. The number of nitrogens with zero attached hydrogens (tertiary/aromatic N) is 3. The molecule has 1 fully saturated rings. The Labute approximate surface area is 154 Å². The van der Waals surface area contributed by atoms with Crippen LogP contribution in [0.15, 0.2) is 36.8 Å². The number of likely N-dealkylation sites (tertiary alicyclic amines) is 1. The monoisotopic (exact) mass is 353 g/mol. The van der Waals surface area contributed by atoms with Gasteiger partial charge in [0.25, 0.3) is 0 Å². The number of anilines is 1. The van der Waals surface area contributed by atoms with Gasteiger partial charge >= 0.3 is 0 Å². The zero-order valence-corrected chi connectivity index (χ0v) is 15.4. The van der Waals surface area contributed by atoms with E-state index in [9.17, 15) is 4.79 Å². The molecule has 0 unspecified atom stereocenters. The minimum absolute atomic E-state index is 0.156. The van der Waals surface area contributed by atoms with Gasteiger partial charge in [-0.25, -0.2) is 4.98 Å². The lowest BCUT2D eigenvalue weighted by Crippen LogP contribution is -2.51. The van der Waals surface area contributed by atoms with Gasteiger partial charge < -0.3 is 15.2 Å². The van der Waals surface area contributed by atoms with Crippen molar-refractivity contribution in [3.63, 3.8) is 0 Å². The lowest BCUT2D eigenvalue weighted by Gasteiger charge is -2.42. The maximum Gasteiger partial charge on any atom is 0.222 e. The van der Waals surface area contributed by atoms with E-state index in [2.05, 4.69) is 51.0 Å². The Balaban J connectivity index is 1.49. The number of aromatic nitrogens is 2. The number of hydrogen-bond acceptors (Lipinski definition) is 4. The molecule has 138 valence electrons. The van der Waals surface area contributed by atoms with E-state index in [4.69, 9.17) is 0 Å². The molecule has 4 rings (SSSR count). The number of amides is 1. The van der Waals surface area contributed by atoms with Crippen molar-refractivity contribution in [2.24, 2.45) is 7.05 Å². The summed E-state index contributed by atoms with van der Waals surface area (Å²) in [7, 11) is 2.00. The zero-order valence-electron chi connectivity index (χ0n) is 15.4. The van der Waals surface area contributed by atoms with E-state index in [1.54, 1.807) is 0 Å². The van der Waals surface area contributed by atoms with Gasteiger partial charge in [-0.3, -0.25) is 9.69 Å². The molecule has 1 amide bonds. The van der Waals surface area contributed by atoms with Crippen molar-refractivity contribution >= 4 is 11.6 Å². The number of rotatable bonds is 2. The number of nitrogens with one attached hydrogen (secondary N) is 2. The molecule has 6 nitrogen and oxygen atoms in total. The number of benzene rings is 1. The number of para-hydroxylation sites is 1. The van der Waals surface area contributed by atoms with Crippen LogP contribution >= 0.6 is 0 Å². The molecular weight excluding hydrogens is 326 g/mol. The van der Waals surface area contributed by atoms with Crippen LogP contribution in [0.5, 0.6) is 0 Å². The second-order valence-electron chi connectivity index (χ2n) is 7.65. The molecule has 2 aromatic rings. The highest BCUT2D eigenvalue weighted by Crippen LogP contribution is 2.33. The Bertz CT molecular complexity index is 776. The highest BCUT2D eigenvalue weighted by atomic mass is 16.1. The highest BCUT2D eigenvalue weighted by molar-refractivity contribution is 5.78. The highest BCUT2D eigenvalue weighted by Gasteiger charge is 2.37. The fourth-order valence-corrected chi connectivity index (χ4v) is 4.12. The summed E-state index contributed by atoms with van der Waals surface area (Å²) in [6.45, 7) is 3.52. The summed E-state index contributed by atoms with van der Waals surface area (Å²) < 4.78 is 1.99. The summed E-state index contributed by atoms with van der Waals surface area (Å²) in [5, 5.41) is 6.85. The molecule has 1 saturated heterocycles. The van der Waals surface area contributed by atoms with E-state index in [1.165, 1.54) is 11.3 Å². The first-order chi connectivity index (χ1) is 12.6. The Morgan fingerprint density at radius 3 is 2.81 bits per heavy atom.